The first-order valence-corrected chi connectivity index (χ1v) is 10.3. The molecule has 2 aliphatic carbocycles. The number of carbonyl (C=O) groups excluding carboxylic acids is 1. The molecule has 2 rings (SSSR count). The Morgan fingerprint density at radius 2 is 1.84 bits per heavy atom. The van der Waals surface area contributed by atoms with Crippen LogP contribution < -0.4 is 0 Å². The van der Waals surface area contributed by atoms with E-state index < -0.39 is 5.60 Å². The second-order valence-corrected chi connectivity index (χ2v) is 10.2. The van der Waals surface area contributed by atoms with E-state index in [4.69, 9.17) is 4.74 Å². The Kier molecular flexibility index (Phi) is 6.29. The highest BCUT2D eigenvalue weighted by Crippen LogP contribution is 2.63. The lowest BCUT2D eigenvalue weighted by Gasteiger charge is -2.61. The molecule has 146 valence electrons. The fourth-order valence-electron chi connectivity index (χ4n) is 6.26. The lowest BCUT2D eigenvalue weighted by Crippen LogP contribution is -2.57. The average molecular weight is 353 g/mol. The molecule has 2 fully saturated rings. The van der Waals surface area contributed by atoms with Crippen LogP contribution in [0.25, 0.3) is 0 Å². The molecule has 0 heterocycles. The minimum atomic E-state index is -0.547. The van der Waals surface area contributed by atoms with Crippen LogP contribution in [-0.2, 0) is 9.53 Å². The third kappa shape index (κ3) is 4.59. The summed E-state index contributed by atoms with van der Waals surface area (Å²) in [6.07, 6.45) is 9.06. The van der Waals surface area contributed by atoms with Crippen molar-refractivity contribution in [2.24, 2.45) is 28.6 Å². The van der Waals surface area contributed by atoms with Gasteiger partial charge in [0.25, 0.3) is 0 Å². The number of aliphatic hydroxyl groups is 1. The second-order valence-electron chi connectivity index (χ2n) is 10.2. The van der Waals surface area contributed by atoms with Crippen LogP contribution in [0.4, 0.5) is 0 Å². The zero-order chi connectivity index (χ0) is 18.9. The van der Waals surface area contributed by atoms with E-state index in [-0.39, 0.29) is 11.4 Å². The number of carbonyl (C=O) groups is 1. The molecule has 0 aromatic carbocycles. The van der Waals surface area contributed by atoms with E-state index in [0.717, 1.165) is 38.0 Å². The van der Waals surface area contributed by atoms with Crippen molar-refractivity contribution in [2.75, 3.05) is 6.61 Å². The summed E-state index contributed by atoms with van der Waals surface area (Å²) < 4.78 is 5.09. The highest BCUT2D eigenvalue weighted by Gasteiger charge is 2.57. The zero-order valence-corrected chi connectivity index (χ0v) is 17.4. The van der Waals surface area contributed by atoms with Gasteiger partial charge < -0.3 is 9.84 Å². The molecule has 2 saturated carbocycles. The van der Waals surface area contributed by atoms with Crippen molar-refractivity contribution in [3.8, 4) is 0 Å². The molecular formula is C22H40O3. The largest absolute Gasteiger partial charge is 0.466 e. The Morgan fingerprint density at radius 1 is 1.16 bits per heavy atom. The molecule has 3 nitrogen and oxygen atoms in total. The third-order valence-corrected chi connectivity index (χ3v) is 7.63. The van der Waals surface area contributed by atoms with E-state index >= 15 is 0 Å². The van der Waals surface area contributed by atoms with Gasteiger partial charge >= 0.3 is 5.97 Å². The first kappa shape index (κ1) is 20.7. The van der Waals surface area contributed by atoms with Crippen LogP contribution >= 0.6 is 0 Å². The van der Waals surface area contributed by atoms with Gasteiger partial charge in [-0.3, -0.25) is 4.79 Å². The fourth-order valence-corrected chi connectivity index (χ4v) is 6.26. The summed E-state index contributed by atoms with van der Waals surface area (Å²) >= 11 is 0. The Morgan fingerprint density at radius 3 is 2.48 bits per heavy atom. The van der Waals surface area contributed by atoms with Crippen molar-refractivity contribution >= 4 is 5.97 Å². The third-order valence-electron chi connectivity index (χ3n) is 7.63. The van der Waals surface area contributed by atoms with Gasteiger partial charge in [0.2, 0.25) is 0 Å². The second kappa shape index (κ2) is 7.58. The van der Waals surface area contributed by atoms with Gasteiger partial charge in [0, 0.05) is 6.92 Å². The summed E-state index contributed by atoms with van der Waals surface area (Å²) in [4.78, 5) is 10.9. The van der Waals surface area contributed by atoms with E-state index in [2.05, 4.69) is 34.6 Å². The number of hydrogen-bond acceptors (Lipinski definition) is 3. The molecule has 0 aliphatic heterocycles. The predicted molar refractivity (Wildman–Crippen MR) is 102 cm³/mol. The number of fused-ring (bicyclic) bond motifs is 1. The Labute approximate surface area is 154 Å². The monoisotopic (exact) mass is 352 g/mol. The Balaban J connectivity index is 2.04. The van der Waals surface area contributed by atoms with Crippen LogP contribution in [0.5, 0.6) is 0 Å². The molecule has 0 saturated heterocycles. The van der Waals surface area contributed by atoms with Crippen molar-refractivity contribution in [2.45, 2.75) is 98.5 Å². The van der Waals surface area contributed by atoms with Gasteiger partial charge in [0.15, 0.2) is 0 Å². The standard InChI is InChI=1S/C22H40O3/c1-16(11-15-25-17(2)23)8-9-19-21(5)13-7-12-20(3,4)18(21)10-14-22(19,6)24/h16,18-19,24H,7-15H2,1-6H3/t16-,18-,19-,21+,22+/m0/s1. The summed E-state index contributed by atoms with van der Waals surface area (Å²) in [5, 5.41) is 11.2. The molecule has 0 unspecified atom stereocenters. The molecule has 1 N–H and O–H groups in total. The molecule has 25 heavy (non-hydrogen) atoms. The van der Waals surface area contributed by atoms with Crippen molar-refractivity contribution in [1.82, 2.24) is 0 Å². The van der Waals surface area contributed by atoms with Gasteiger partial charge in [0.1, 0.15) is 0 Å². The van der Waals surface area contributed by atoms with Crippen LogP contribution in [0.2, 0.25) is 0 Å². The minimum Gasteiger partial charge on any atom is -0.466 e. The summed E-state index contributed by atoms with van der Waals surface area (Å²) in [5.41, 5.74) is 0.0933. The normalized spacial score (nSPS) is 38.7. The molecule has 0 radical (unpaired) electrons. The molecule has 5 atom stereocenters. The van der Waals surface area contributed by atoms with E-state index in [1.54, 1.807) is 0 Å². The quantitative estimate of drug-likeness (QED) is 0.655. The van der Waals surface area contributed by atoms with E-state index in [9.17, 15) is 9.90 Å². The number of hydrogen-bond donors (Lipinski definition) is 1. The van der Waals surface area contributed by atoms with Gasteiger partial charge in [-0.15, -0.1) is 0 Å². The van der Waals surface area contributed by atoms with Gasteiger partial charge in [-0.25, -0.2) is 0 Å². The molecule has 0 spiro atoms. The van der Waals surface area contributed by atoms with Crippen LogP contribution in [0.3, 0.4) is 0 Å². The van der Waals surface area contributed by atoms with Crippen LogP contribution in [0.1, 0.15) is 92.9 Å². The maximum atomic E-state index is 11.2. The van der Waals surface area contributed by atoms with Crippen molar-refractivity contribution in [3.05, 3.63) is 0 Å². The van der Waals surface area contributed by atoms with E-state index in [1.807, 2.05) is 0 Å². The van der Waals surface area contributed by atoms with Gasteiger partial charge in [-0.05, 0) is 74.0 Å². The summed E-state index contributed by atoms with van der Waals surface area (Å²) in [5.74, 6) is 1.42. The van der Waals surface area contributed by atoms with Crippen molar-refractivity contribution in [1.29, 1.82) is 0 Å². The molecule has 0 aromatic rings. The smallest absolute Gasteiger partial charge is 0.302 e. The van der Waals surface area contributed by atoms with Crippen LogP contribution in [0.15, 0.2) is 0 Å². The van der Waals surface area contributed by atoms with Gasteiger partial charge in [0.05, 0.1) is 12.2 Å². The zero-order valence-electron chi connectivity index (χ0n) is 17.4. The summed E-state index contributed by atoms with van der Waals surface area (Å²) in [6.45, 7) is 13.6. The topological polar surface area (TPSA) is 46.5 Å². The number of rotatable bonds is 6. The first-order chi connectivity index (χ1) is 11.5. The average Bonchev–Trinajstić information content (AvgIpc) is 2.44. The molecular weight excluding hydrogens is 312 g/mol. The number of ether oxygens (including phenoxy) is 1. The molecule has 3 heteroatoms. The highest BCUT2D eigenvalue weighted by molar-refractivity contribution is 5.65. The van der Waals surface area contributed by atoms with Gasteiger partial charge in [-0.1, -0.05) is 40.5 Å². The lowest BCUT2D eigenvalue weighted by atomic mass is 9.45. The van der Waals surface area contributed by atoms with Crippen LogP contribution in [0, 0.1) is 28.6 Å². The predicted octanol–water partition coefficient (Wildman–Crippen LogP) is 5.35. The molecule has 0 aromatic heterocycles. The Hall–Kier alpha value is -0.570. The summed E-state index contributed by atoms with van der Waals surface area (Å²) in [7, 11) is 0. The molecule has 2 aliphatic rings. The highest BCUT2D eigenvalue weighted by atomic mass is 16.5. The van der Waals surface area contributed by atoms with Crippen LogP contribution in [-0.4, -0.2) is 23.3 Å². The Bertz CT molecular complexity index is 468. The fraction of sp³-hybridized carbons (Fsp3) is 0.955. The molecule has 0 bridgehead atoms. The first-order valence-electron chi connectivity index (χ1n) is 10.3. The molecule has 0 amide bonds. The lowest BCUT2D eigenvalue weighted by molar-refractivity contribution is -0.170. The van der Waals surface area contributed by atoms with Crippen molar-refractivity contribution in [3.63, 3.8) is 0 Å². The number of esters is 1. The maximum absolute atomic E-state index is 11.2. The van der Waals surface area contributed by atoms with Crippen molar-refractivity contribution < 1.29 is 14.6 Å². The van der Waals surface area contributed by atoms with Gasteiger partial charge in [-0.2, -0.15) is 0 Å². The maximum Gasteiger partial charge on any atom is 0.302 e. The summed E-state index contributed by atoms with van der Waals surface area (Å²) in [6, 6.07) is 0. The minimum absolute atomic E-state index is 0.192. The SMILES string of the molecule is CC(=O)OCC[C@@H](C)CC[C@H]1[C@]2(C)CCCC(C)(C)[C@@H]2CC[C@@]1(C)O. The van der Waals surface area contributed by atoms with E-state index in [0.29, 0.717) is 23.9 Å². The van der Waals surface area contributed by atoms with E-state index in [1.165, 1.54) is 26.2 Å².